The number of ketones is 3. The van der Waals surface area contributed by atoms with Gasteiger partial charge in [-0.1, -0.05) is 13.8 Å². The first-order valence-electron chi connectivity index (χ1n) is 11.9. The Bertz CT molecular complexity index is 1620. The molecule has 2 N–H and O–H groups in total. The third kappa shape index (κ3) is 3.33. The molecule has 0 unspecified atom stereocenters. The van der Waals surface area contributed by atoms with Crippen molar-refractivity contribution in [3.63, 3.8) is 0 Å². The normalized spacial score (nSPS) is 15.6. The lowest BCUT2D eigenvalue weighted by atomic mass is 9.62. The highest BCUT2D eigenvalue weighted by Crippen LogP contribution is 2.51. The summed E-state index contributed by atoms with van der Waals surface area (Å²) in [6.45, 7) is 5.18. The van der Waals surface area contributed by atoms with Crippen molar-refractivity contribution in [3.05, 3.63) is 75.4 Å². The molecule has 0 aromatic heterocycles. The Balaban J connectivity index is 1.85. The third-order valence-electron chi connectivity index (χ3n) is 7.38. The zero-order valence-corrected chi connectivity index (χ0v) is 21.8. The number of carbonyl (C=O) groups excluding carboxylic acids is 3. The van der Waals surface area contributed by atoms with E-state index in [2.05, 4.69) is 0 Å². The second-order valence-corrected chi connectivity index (χ2v) is 9.87. The number of phenolic OH excluding ortho intramolecular Hbond substituents is 2. The van der Waals surface area contributed by atoms with Crippen LogP contribution in [0.4, 0.5) is 0 Å². The molecule has 0 radical (unpaired) electrons. The molecule has 194 valence electrons. The second-order valence-electron chi connectivity index (χ2n) is 9.87. The van der Waals surface area contributed by atoms with Gasteiger partial charge in [0.25, 0.3) is 0 Å². The van der Waals surface area contributed by atoms with Gasteiger partial charge >= 0.3 is 0 Å². The average Bonchev–Trinajstić information content (AvgIpc) is 2.87. The Morgan fingerprint density at radius 3 is 1.92 bits per heavy atom. The Morgan fingerprint density at radius 1 is 0.684 bits per heavy atom. The van der Waals surface area contributed by atoms with Crippen molar-refractivity contribution in [2.45, 2.75) is 26.2 Å². The number of phenols is 2. The van der Waals surface area contributed by atoms with Crippen molar-refractivity contribution in [1.82, 2.24) is 0 Å². The van der Waals surface area contributed by atoms with Crippen LogP contribution >= 0.6 is 0 Å². The monoisotopic (exact) mass is 514 g/mol. The molecule has 2 aliphatic carbocycles. The highest BCUT2D eigenvalue weighted by molar-refractivity contribution is 6.42. The highest BCUT2D eigenvalue weighted by atomic mass is 16.5. The molecule has 38 heavy (non-hydrogen) atoms. The molecular formula is C30H26O8. The molecule has 3 aromatic rings. The molecule has 0 saturated carbocycles. The maximum Gasteiger partial charge on any atom is 0.201 e. The van der Waals surface area contributed by atoms with Crippen LogP contribution < -0.4 is 14.2 Å². The van der Waals surface area contributed by atoms with Crippen LogP contribution in [0, 0.1) is 6.92 Å². The lowest BCUT2D eigenvalue weighted by Gasteiger charge is -2.38. The van der Waals surface area contributed by atoms with Crippen LogP contribution in [-0.4, -0.2) is 48.9 Å². The fourth-order valence-electron chi connectivity index (χ4n) is 5.60. The Labute approximate surface area is 219 Å². The van der Waals surface area contributed by atoms with E-state index in [1.807, 2.05) is 6.92 Å². The fraction of sp³-hybridized carbons (Fsp3) is 0.233. The summed E-state index contributed by atoms with van der Waals surface area (Å²) in [6.07, 6.45) is 0. The summed E-state index contributed by atoms with van der Waals surface area (Å²) in [5.41, 5.74) is 0.468. The first kappa shape index (κ1) is 25.1. The predicted octanol–water partition coefficient (Wildman–Crippen LogP) is 4.95. The quantitative estimate of drug-likeness (QED) is 0.470. The van der Waals surface area contributed by atoms with Gasteiger partial charge in [-0.3, -0.25) is 14.4 Å². The van der Waals surface area contributed by atoms with Gasteiger partial charge in [-0.2, -0.15) is 0 Å². The smallest absolute Gasteiger partial charge is 0.201 e. The number of carbonyl (C=O) groups is 3. The third-order valence-corrected chi connectivity index (χ3v) is 7.38. The molecule has 0 bridgehead atoms. The van der Waals surface area contributed by atoms with Gasteiger partial charge in [-0.05, 0) is 42.3 Å². The predicted molar refractivity (Wildman–Crippen MR) is 139 cm³/mol. The molecule has 0 atom stereocenters. The lowest BCUT2D eigenvalue weighted by molar-refractivity contribution is 0.0909. The molecule has 0 spiro atoms. The van der Waals surface area contributed by atoms with Gasteiger partial charge in [-0.15, -0.1) is 0 Å². The molecule has 8 nitrogen and oxygen atoms in total. The molecule has 3 aromatic carbocycles. The molecule has 0 saturated heterocycles. The SMILES string of the molecule is COc1cc(C)c(-c2cc(OC)cc3c2C(=O)C2=C(C3=O)C(C)(C)c3cc(O)cc(O)c3C2=O)c(OC)c1. The molecular weight excluding hydrogens is 488 g/mol. The number of rotatable bonds is 4. The van der Waals surface area contributed by atoms with Crippen molar-refractivity contribution < 1.29 is 38.8 Å². The number of hydrogen-bond acceptors (Lipinski definition) is 8. The van der Waals surface area contributed by atoms with Crippen molar-refractivity contribution in [2.75, 3.05) is 21.3 Å². The van der Waals surface area contributed by atoms with Crippen LogP contribution in [0.2, 0.25) is 0 Å². The van der Waals surface area contributed by atoms with Gasteiger partial charge in [0.15, 0.2) is 11.6 Å². The summed E-state index contributed by atoms with van der Waals surface area (Å²) in [7, 11) is 4.47. The van der Waals surface area contributed by atoms with E-state index < -0.39 is 28.5 Å². The zero-order chi connectivity index (χ0) is 27.7. The summed E-state index contributed by atoms with van der Waals surface area (Å²) in [5.74, 6) is -1.33. The number of hydrogen-bond donors (Lipinski definition) is 2. The van der Waals surface area contributed by atoms with Crippen molar-refractivity contribution in [2.24, 2.45) is 0 Å². The fourth-order valence-corrected chi connectivity index (χ4v) is 5.60. The summed E-state index contributed by atoms with van der Waals surface area (Å²) in [4.78, 5) is 42.1. The minimum atomic E-state index is -1.17. The van der Waals surface area contributed by atoms with Crippen LogP contribution in [0.25, 0.3) is 11.1 Å². The van der Waals surface area contributed by atoms with Crippen LogP contribution in [0.15, 0.2) is 47.5 Å². The topological polar surface area (TPSA) is 119 Å². The number of methoxy groups -OCH3 is 3. The number of allylic oxidation sites excluding steroid dienone is 2. The molecule has 0 aliphatic heterocycles. The van der Waals surface area contributed by atoms with E-state index in [1.165, 1.54) is 33.5 Å². The molecule has 0 fully saturated rings. The highest BCUT2D eigenvalue weighted by Gasteiger charge is 2.50. The molecule has 0 amide bonds. The van der Waals surface area contributed by atoms with Gasteiger partial charge in [-0.25, -0.2) is 0 Å². The van der Waals surface area contributed by atoms with E-state index in [0.717, 1.165) is 6.07 Å². The largest absolute Gasteiger partial charge is 0.508 e. The van der Waals surface area contributed by atoms with Crippen LogP contribution in [-0.2, 0) is 5.41 Å². The minimum Gasteiger partial charge on any atom is -0.508 e. The summed E-state index contributed by atoms with van der Waals surface area (Å²) >= 11 is 0. The van der Waals surface area contributed by atoms with Crippen LogP contribution in [0.3, 0.4) is 0 Å². The number of aryl methyl sites for hydroxylation is 1. The molecule has 8 heteroatoms. The van der Waals surface area contributed by atoms with Gasteiger partial charge in [0, 0.05) is 45.4 Å². The van der Waals surface area contributed by atoms with Crippen molar-refractivity contribution >= 4 is 17.3 Å². The maximum atomic E-state index is 14.2. The van der Waals surface area contributed by atoms with E-state index >= 15 is 0 Å². The minimum absolute atomic E-state index is 0.00937. The van der Waals surface area contributed by atoms with Gasteiger partial charge in [0.1, 0.15) is 28.7 Å². The summed E-state index contributed by atoms with van der Waals surface area (Å²) < 4.78 is 16.5. The maximum absolute atomic E-state index is 14.2. The van der Waals surface area contributed by atoms with E-state index in [0.29, 0.717) is 33.9 Å². The number of Topliss-reactive ketones (excluding diaryl/α,β-unsaturated/α-hetero) is 3. The van der Waals surface area contributed by atoms with E-state index in [-0.39, 0.29) is 39.1 Å². The number of ether oxygens (including phenoxy) is 3. The number of benzene rings is 3. The van der Waals surface area contributed by atoms with Crippen LogP contribution in [0.5, 0.6) is 28.7 Å². The van der Waals surface area contributed by atoms with Gasteiger partial charge in [0.05, 0.1) is 32.5 Å². The van der Waals surface area contributed by atoms with Crippen molar-refractivity contribution in [1.29, 1.82) is 0 Å². The van der Waals surface area contributed by atoms with Crippen molar-refractivity contribution in [3.8, 4) is 39.9 Å². The second kappa shape index (κ2) is 8.48. The van der Waals surface area contributed by atoms with Gasteiger partial charge < -0.3 is 24.4 Å². The van der Waals surface area contributed by atoms with E-state index in [9.17, 15) is 24.6 Å². The first-order chi connectivity index (χ1) is 18.0. The summed E-state index contributed by atoms with van der Waals surface area (Å²) in [6, 6.07) is 8.96. The number of aromatic hydroxyl groups is 2. The first-order valence-corrected chi connectivity index (χ1v) is 11.9. The standard InChI is InChI=1S/C30H26O8/c1-13-7-15(36-4)12-21(38-6)22(13)17-10-16(37-5)11-18-23(17)28(34)25-26(27(18)33)30(2,3)19-8-14(31)9-20(32)24(19)29(25)35/h7-12,31-32H,1-6H3. The van der Waals surface area contributed by atoms with Gasteiger partial charge in [0.2, 0.25) is 5.78 Å². The Morgan fingerprint density at radius 2 is 1.29 bits per heavy atom. The molecule has 0 heterocycles. The zero-order valence-electron chi connectivity index (χ0n) is 21.8. The van der Waals surface area contributed by atoms with E-state index in [4.69, 9.17) is 14.2 Å². The lowest BCUT2D eigenvalue weighted by Crippen LogP contribution is -2.40. The Kier molecular flexibility index (Phi) is 5.60. The van der Waals surface area contributed by atoms with E-state index in [1.54, 1.807) is 32.0 Å². The molecule has 2 aliphatic rings. The average molecular weight is 515 g/mol. The molecule has 5 rings (SSSR count). The number of fused-ring (bicyclic) bond motifs is 2. The Hall–Kier alpha value is -4.59. The van der Waals surface area contributed by atoms with Crippen LogP contribution in [0.1, 0.15) is 56.0 Å². The summed E-state index contributed by atoms with van der Waals surface area (Å²) in [5, 5.41) is 20.7.